The monoisotopic (exact) mass is 432 g/mol. The number of amides is 1. The summed E-state index contributed by atoms with van der Waals surface area (Å²) in [6.45, 7) is 6.59. The molecule has 158 valence electrons. The molecule has 4 aromatic rings. The van der Waals surface area contributed by atoms with Crippen molar-refractivity contribution < 1.29 is 9.53 Å². The first-order valence-corrected chi connectivity index (χ1v) is 11.1. The first-order chi connectivity index (χ1) is 15.0. The van der Waals surface area contributed by atoms with Crippen LogP contribution in [0.25, 0.3) is 16.8 Å². The molecule has 0 radical (unpaired) electrons. The summed E-state index contributed by atoms with van der Waals surface area (Å²) >= 11 is 1.40. The average Bonchev–Trinajstić information content (AvgIpc) is 3.20. The van der Waals surface area contributed by atoms with Gasteiger partial charge >= 0.3 is 0 Å². The van der Waals surface area contributed by atoms with Crippen LogP contribution in [0.2, 0.25) is 0 Å². The van der Waals surface area contributed by atoms with E-state index in [1.165, 1.54) is 11.8 Å². The number of nitrogens with zero attached hydrogens (tertiary/aromatic N) is 3. The Morgan fingerprint density at radius 3 is 2.71 bits per heavy atom. The van der Waals surface area contributed by atoms with Gasteiger partial charge in [-0.3, -0.25) is 4.79 Å². The molecule has 0 aliphatic carbocycles. The summed E-state index contributed by atoms with van der Waals surface area (Å²) in [5.41, 5.74) is 5.71. The maximum Gasteiger partial charge on any atom is 0.234 e. The van der Waals surface area contributed by atoms with E-state index in [9.17, 15) is 4.79 Å². The van der Waals surface area contributed by atoms with Crippen molar-refractivity contribution >= 4 is 28.9 Å². The third kappa shape index (κ3) is 4.88. The van der Waals surface area contributed by atoms with E-state index in [2.05, 4.69) is 15.4 Å². The predicted octanol–water partition coefficient (Wildman–Crippen LogP) is 5.14. The Bertz CT molecular complexity index is 1220. The summed E-state index contributed by atoms with van der Waals surface area (Å²) in [5, 5.41) is 8.42. The average molecular weight is 433 g/mol. The van der Waals surface area contributed by atoms with Crippen LogP contribution in [-0.2, 0) is 4.79 Å². The molecule has 2 aromatic carbocycles. The Morgan fingerprint density at radius 1 is 1.13 bits per heavy atom. The molecular formula is C24H24N4O2S. The van der Waals surface area contributed by atoms with Gasteiger partial charge in [-0.05, 0) is 68.3 Å². The van der Waals surface area contributed by atoms with E-state index in [-0.39, 0.29) is 11.7 Å². The Kier molecular flexibility index (Phi) is 6.23. The Labute approximate surface area is 185 Å². The van der Waals surface area contributed by atoms with Crippen molar-refractivity contribution in [3.8, 4) is 17.0 Å². The zero-order chi connectivity index (χ0) is 21.8. The molecule has 0 aliphatic heterocycles. The van der Waals surface area contributed by atoms with Gasteiger partial charge in [-0.25, -0.2) is 9.50 Å². The lowest BCUT2D eigenvalue weighted by Gasteiger charge is -2.09. The zero-order valence-electron chi connectivity index (χ0n) is 17.8. The SMILES string of the molecule is CCOc1ccc(-c2cc3c(SCC(=O)Nc4cc(C)ccc4C)nccn3n2)cc1. The van der Waals surface area contributed by atoms with Crippen LogP contribution in [0.1, 0.15) is 18.1 Å². The van der Waals surface area contributed by atoms with Gasteiger partial charge in [0.2, 0.25) is 5.91 Å². The van der Waals surface area contributed by atoms with Crippen molar-refractivity contribution in [2.75, 3.05) is 17.7 Å². The summed E-state index contributed by atoms with van der Waals surface area (Å²) in [4.78, 5) is 17.0. The van der Waals surface area contributed by atoms with Crippen molar-refractivity contribution in [1.82, 2.24) is 14.6 Å². The van der Waals surface area contributed by atoms with Gasteiger partial charge in [0.15, 0.2) is 0 Å². The molecule has 31 heavy (non-hydrogen) atoms. The first kappa shape index (κ1) is 20.9. The van der Waals surface area contributed by atoms with Crippen molar-refractivity contribution in [3.63, 3.8) is 0 Å². The molecule has 0 bridgehead atoms. The highest BCUT2D eigenvalue weighted by Gasteiger charge is 2.12. The van der Waals surface area contributed by atoms with Crippen LogP contribution in [0.15, 0.2) is 66.0 Å². The van der Waals surface area contributed by atoms with Crippen LogP contribution in [0, 0.1) is 13.8 Å². The molecule has 2 heterocycles. The number of ether oxygens (including phenoxy) is 1. The standard InChI is InChI=1S/C24H24N4O2S/c1-4-30-19-9-7-18(8-10-19)21-14-22-24(25-11-12-28(22)27-21)31-15-23(29)26-20-13-16(2)5-6-17(20)3/h5-14H,4,15H2,1-3H3,(H,26,29). The highest BCUT2D eigenvalue weighted by molar-refractivity contribution is 8.00. The number of benzene rings is 2. The highest BCUT2D eigenvalue weighted by atomic mass is 32.2. The Hall–Kier alpha value is -3.32. The zero-order valence-corrected chi connectivity index (χ0v) is 18.6. The molecule has 6 nitrogen and oxygen atoms in total. The number of hydrogen-bond acceptors (Lipinski definition) is 5. The fourth-order valence-electron chi connectivity index (χ4n) is 3.23. The lowest BCUT2D eigenvalue weighted by Crippen LogP contribution is -2.15. The van der Waals surface area contributed by atoms with E-state index in [1.807, 2.05) is 75.5 Å². The number of aromatic nitrogens is 3. The fraction of sp³-hybridized carbons (Fsp3) is 0.208. The molecule has 2 aromatic heterocycles. The van der Waals surface area contributed by atoms with Crippen LogP contribution in [-0.4, -0.2) is 32.9 Å². The number of nitrogens with one attached hydrogen (secondary N) is 1. The van der Waals surface area contributed by atoms with E-state index in [4.69, 9.17) is 4.74 Å². The molecule has 1 N–H and O–H groups in total. The summed E-state index contributed by atoms with van der Waals surface area (Å²) in [5.74, 6) is 1.04. The van der Waals surface area contributed by atoms with Crippen molar-refractivity contribution in [1.29, 1.82) is 0 Å². The minimum Gasteiger partial charge on any atom is -0.494 e. The van der Waals surface area contributed by atoms with Crippen molar-refractivity contribution in [2.24, 2.45) is 0 Å². The van der Waals surface area contributed by atoms with Crippen LogP contribution in [0.5, 0.6) is 5.75 Å². The lowest BCUT2D eigenvalue weighted by atomic mass is 10.1. The summed E-state index contributed by atoms with van der Waals surface area (Å²) < 4.78 is 7.30. The molecule has 0 unspecified atom stereocenters. The number of hydrogen-bond donors (Lipinski definition) is 1. The second-order valence-corrected chi connectivity index (χ2v) is 8.17. The van der Waals surface area contributed by atoms with Crippen LogP contribution in [0.3, 0.4) is 0 Å². The third-order valence-electron chi connectivity index (χ3n) is 4.82. The normalized spacial score (nSPS) is 10.9. The lowest BCUT2D eigenvalue weighted by molar-refractivity contribution is -0.113. The Morgan fingerprint density at radius 2 is 1.94 bits per heavy atom. The Balaban J connectivity index is 1.49. The van der Waals surface area contributed by atoms with Gasteiger partial charge in [0, 0.05) is 23.6 Å². The minimum absolute atomic E-state index is 0.0613. The van der Waals surface area contributed by atoms with Gasteiger partial charge in [-0.1, -0.05) is 23.9 Å². The highest BCUT2D eigenvalue weighted by Crippen LogP contribution is 2.27. The molecule has 0 spiro atoms. The second-order valence-electron chi connectivity index (χ2n) is 7.20. The van der Waals surface area contributed by atoms with Crippen LogP contribution in [0.4, 0.5) is 5.69 Å². The van der Waals surface area contributed by atoms with E-state index in [1.54, 1.807) is 10.7 Å². The molecule has 7 heteroatoms. The molecule has 0 fully saturated rings. The number of fused-ring (bicyclic) bond motifs is 1. The number of thioether (sulfide) groups is 1. The number of anilines is 1. The van der Waals surface area contributed by atoms with E-state index >= 15 is 0 Å². The largest absolute Gasteiger partial charge is 0.494 e. The second kappa shape index (κ2) is 9.22. The van der Waals surface area contributed by atoms with Gasteiger partial charge in [0.05, 0.1) is 23.6 Å². The molecule has 0 atom stereocenters. The molecular weight excluding hydrogens is 408 g/mol. The van der Waals surface area contributed by atoms with Crippen LogP contribution >= 0.6 is 11.8 Å². The van der Waals surface area contributed by atoms with E-state index in [0.717, 1.165) is 44.4 Å². The molecule has 0 aliphatic rings. The third-order valence-corrected chi connectivity index (χ3v) is 5.82. The first-order valence-electron chi connectivity index (χ1n) is 10.1. The van der Waals surface area contributed by atoms with Gasteiger partial charge < -0.3 is 10.1 Å². The number of carbonyl (C=O) groups is 1. The molecule has 0 saturated carbocycles. The smallest absolute Gasteiger partial charge is 0.234 e. The van der Waals surface area contributed by atoms with Gasteiger partial charge in [0.1, 0.15) is 10.8 Å². The van der Waals surface area contributed by atoms with Crippen molar-refractivity contribution in [3.05, 3.63) is 72.1 Å². The quantitative estimate of drug-likeness (QED) is 0.410. The number of carbonyl (C=O) groups excluding carboxylic acids is 1. The number of rotatable bonds is 7. The molecule has 1 amide bonds. The van der Waals surface area contributed by atoms with Crippen molar-refractivity contribution in [2.45, 2.75) is 25.8 Å². The summed E-state index contributed by atoms with van der Waals surface area (Å²) in [6, 6.07) is 15.9. The maximum atomic E-state index is 12.5. The number of aryl methyl sites for hydroxylation is 2. The summed E-state index contributed by atoms with van der Waals surface area (Å²) in [7, 11) is 0. The molecule has 0 saturated heterocycles. The van der Waals surface area contributed by atoms with Gasteiger partial charge in [-0.2, -0.15) is 5.10 Å². The van der Waals surface area contributed by atoms with E-state index < -0.39 is 0 Å². The molecule has 4 rings (SSSR count). The van der Waals surface area contributed by atoms with Gasteiger partial charge in [-0.15, -0.1) is 0 Å². The predicted molar refractivity (Wildman–Crippen MR) is 125 cm³/mol. The fourth-order valence-corrected chi connectivity index (χ4v) is 4.01. The van der Waals surface area contributed by atoms with E-state index in [0.29, 0.717) is 6.61 Å². The topological polar surface area (TPSA) is 68.5 Å². The minimum atomic E-state index is -0.0613. The van der Waals surface area contributed by atoms with Crippen LogP contribution < -0.4 is 10.1 Å². The van der Waals surface area contributed by atoms with Gasteiger partial charge in [0.25, 0.3) is 0 Å². The summed E-state index contributed by atoms with van der Waals surface area (Å²) in [6.07, 6.45) is 3.51. The maximum absolute atomic E-state index is 12.5.